The van der Waals surface area contributed by atoms with Gasteiger partial charge in [-0.05, 0) is 25.1 Å². The summed E-state index contributed by atoms with van der Waals surface area (Å²) in [4.78, 5) is 0. The van der Waals surface area contributed by atoms with E-state index >= 15 is 0 Å². The molecule has 0 spiro atoms. The molecule has 0 atom stereocenters. The molecule has 1 aromatic rings. The predicted octanol–water partition coefficient (Wildman–Crippen LogP) is 1.89. The Bertz CT molecular complexity index is 253. The summed E-state index contributed by atoms with van der Waals surface area (Å²) >= 11 is 0. The third kappa shape index (κ3) is 2.77. The minimum absolute atomic E-state index is 0.459. The second-order valence-electron chi connectivity index (χ2n) is 1.95. The van der Waals surface area contributed by atoms with Crippen LogP contribution < -0.4 is 4.74 Å². The fraction of sp³-hybridized carbons (Fsp3) is 0.200. The number of hydrogen-bond acceptors (Lipinski definition) is 1. The zero-order valence-electron chi connectivity index (χ0n) is 6.42. The highest BCUT2D eigenvalue weighted by Crippen LogP contribution is 2.06. The van der Waals surface area contributed by atoms with Crippen molar-refractivity contribution in [2.24, 2.45) is 0 Å². The highest BCUT2D eigenvalue weighted by molar-refractivity contribution is 5.20. The van der Waals surface area contributed by atoms with Gasteiger partial charge in [-0.2, -0.15) is 0 Å². The average Bonchev–Trinajstić information content (AvgIpc) is 2.07. The average molecular weight is 145 g/mol. The Morgan fingerprint density at radius 3 is 2.82 bits per heavy atom. The van der Waals surface area contributed by atoms with E-state index in [1.807, 2.05) is 24.3 Å². The molecule has 0 aliphatic heterocycles. The van der Waals surface area contributed by atoms with E-state index in [2.05, 4.69) is 17.9 Å². The molecule has 11 heavy (non-hydrogen) atoms. The van der Waals surface area contributed by atoms with E-state index in [4.69, 9.17) is 4.74 Å². The predicted molar refractivity (Wildman–Crippen MR) is 44.2 cm³/mol. The standard InChI is InChI=1S/C10H9O/c1-2-3-9-11-10-7-5-4-6-8-10/h5-8H,9H2,1H3. The van der Waals surface area contributed by atoms with Crippen molar-refractivity contribution >= 4 is 0 Å². The first kappa shape index (κ1) is 7.68. The van der Waals surface area contributed by atoms with Crippen molar-refractivity contribution in [2.45, 2.75) is 6.92 Å². The molecule has 0 fully saturated rings. The highest BCUT2D eigenvalue weighted by Gasteiger charge is 1.85. The van der Waals surface area contributed by atoms with Gasteiger partial charge in [0.05, 0.1) is 0 Å². The van der Waals surface area contributed by atoms with Crippen LogP contribution in [0.3, 0.4) is 0 Å². The van der Waals surface area contributed by atoms with Gasteiger partial charge in [-0.25, -0.2) is 0 Å². The number of benzene rings is 1. The molecule has 55 valence electrons. The summed E-state index contributed by atoms with van der Waals surface area (Å²) in [6.45, 7) is 2.25. The fourth-order valence-corrected chi connectivity index (χ4v) is 0.659. The number of hydrogen-bond donors (Lipinski definition) is 0. The van der Waals surface area contributed by atoms with Crippen LogP contribution >= 0.6 is 0 Å². The van der Waals surface area contributed by atoms with Crippen molar-refractivity contribution in [3.63, 3.8) is 0 Å². The minimum atomic E-state index is 0.459. The van der Waals surface area contributed by atoms with Crippen LogP contribution in [-0.2, 0) is 0 Å². The first-order valence-corrected chi connectivity index (χ1v) is 3.42. The van der Waals surface area contributed by atoms with Gasteiger partial charge in [0.1, 0.15) is 12.4 Å². The Labute approximate surface area is 67.0 Å². The van der Waals surface area contributed by atoms with E-state index in [0.29, 0.717) is 6.61 Å². The van der Waals surface area contributed by atoms with Gasteiger partial charge in [-0.3, -0.25) is 0 Å². The molecular weight excluding hydrogens is 136 g/mol. The SMILES string of the molecule is CC#CCOc1cc[c]cc1. The minimum Gasteiger partial charge on any atom is -0.481 e. The lowest BCUT2D eigenvalue weighted by Crippen LogP contribution is -1.92. The van der Waals surface area contributed by atoms with Crippen LogP contribution in [0.5, 0.6) is 5.75 Å². The van der Waals surface area contributed by atoms with Crippen LogP contribution in [0, 0.1) is 17.9 Å². The van der Waals surface area contributed by atoms with Gasteiger partial charge in [-0.1, -0.05) is 18.1 Å². The van der Waals surface area contributed by atoms with Crippen LogP contribution in [0.4, 0.5) is 0 Å². The third-order valence-electron chi connectivity index (χ3n) is 1.18. The molecular formula is C10H9O. The molecule has 0 saturated heterocycles. The molecule has 0 unspecified atom stereocenters. The van der Waals surface area contributed by atoms with Crippen LogP contribution in [0.2, 0.25) is 0 Å². The summed E-state index contributed by atoms with van der Waals surface area (Å²) < 4.78 is 5.25. The smallest absolute Gasteiger partial charge is 0.149 e. The summed E-state index contributed by atoms with van der Waals surface area (Å²) in [6.07, 6.45) is 0. The van der Waals surface area contributed by atoms with E-state index in [1.54, 1.807) is 6.92 Å². The lowest BCUT2D eigenvalue weighted by atomic mass is 10.3. The maximum absolute atomic E-state index is 5.25. The van der Waals surface area contributed by atoms with Crippen molar-refractivity contribution in [1.29, 1.82) is 0 Å². The second-order valence-corrected chi connectivity index (χ2v) is 1.95. The molecule has 0 bridgehead atoms. The van der Waals surface area contributed by atoms with E-state index in [9.17, 15) is 0 Å². The molecule has 1 nitrogen and oxygen atoms in total. The Kier molecular flexibility index (Phi) is 3.08. The van der Waals surface area contributed by atoms with Gasteiger partial charge in [0, 0.05) is 0 Å². The molecule has 0 aromatic heterocycles. The summed E-state index contributed by atoms with van der Waals surface area (Å²) in [5.74, 6) is 6.41. The molecule has 0 saturated carbocycles. The van der Waals surface area contributed by atoms with Crippen LogP contribution in [0.25, 0.3) is 0 Å². The van der Waals surface area contributed by atoms with Crippen molar-refractivity contribution < 1.29 is 4.74 Å². The van der Waals surface area contributed by atoms with Crippen LogP contribution in [0.1, 0.15) is 6.92 Å². The molecule has 1 radical (unpaired) electrons. The maximum atomic E-state index is 5.25. The van der Waals surface area contributed by atoms with Gasteiger partial charge < -0.3 is 4.74 Å². The zero-order valence-corrected chi connectivity index (χ0v) is 6.42. The first-order valence-electron chi connectivity index (χ1n) is 3.42. The summed E-state index contributed by atoms with van der Waals surface area (Å²) in [5, 5.41) is 0. The Morgan fingerprint density at radius 1 is 1.45 bits per heavy atom. The Morgan fingerprint density at radius 2 is 2.18 bits per heavy atom. The lowest BCUT2D eigenvalue weighted by molar-refractivity contribution is 0.370. The lowest BCUT2D eigenvalue weighted by Gasteiger charge is -1.98. The molecule has 0 aliphatic rings. The number of rotatable bonds is 2. The summed E-state index contributed by atoms with van der Waals surface area (Å²) in [6, 6.07) is 10.3. The van der Waals surface area contributed by atoms with Crippen LogP contribution in [-0.4, -0.2) is 6.61 Å². The van der Waals surface area contributed by atoms with Crippen molar-refractivity contribution in [1.82, 2.24) is 0 Å². The quantitative estimate of drug-likeness (QED) is 0.577. The van der Waals surface area contributed by atoms with Gasteiger partial charge in [0.2, 0.25) is 0 Å². The van der Waals surface area contributed by atoms with Gasteiger partial charge in [-0.15, -0.1) is 5.92 Å². The fourth-order valence-electron chi connectivity index (χ4n) is 0.659. The maximum Gasteiger partial charge on any atom is 0.149 e. The molecule has 1 rings (SSSR count). The number of ether oxygens (including phenoxy) is 1. The Hall–Kier alpha value is -1.42. The van der Waals surface area contributed by atoms with E-state index in [1.165, 1.54) is 0 Å². The zero-order chi connectivity index (χ0) is 7.94. The van der Waals surface area contributed by atoms with Crippen molar-refractivity contribution in [2.75, 3.05) is 6.61 Å². The van der Waals surface area contributed by atoms with Crippen molar-refractivity contribution in [3.8, 4) is 17.6 Å². The van der Waals surface area contributed by atoms with E-state index < -0.39 is 0 Å². The molecule has 0 aliphatic carbocycles. The summed E-state index contributed by atoms with van der Waals surface area (Å²) in [5.41, 5.74) is 0. The third-order valence-corrected chi connectivity index (χ3v) is 1.18. The molecule has 0 N–H and O–H groups in total. The molecule has 1 heteroatoms. The van der Waals surface area contributed by atoms with E-state index in [-0.39, 0.29) is 0 Å². The van der Waals surface area contributed by atoms with Gasteiger partial charge >= 0.3 is 0 Å². The van der Waals surface area contributed by atoms with E-state index in [0.717, 1.165) is 5.75 Å². The largest absolute Gasteiger partial charge is 0.481 e. The molecule has 1 aromatic carbocycles. The molecule has 0 amide bonds. The second kappa shape index (κ2) is 4.40. The van der Waals surface area contributed by atoms with Crippen LogP contribution in [0.15, 0.2) is 24.3 Å². The highest BCUT2D eigenvalue weighted by atomic mass is 16.5. The first-order chi connectivity index (χ1) is 5.43. The topological polar surface area (TPSA) is 9.23 Å². The molecule has 0 heterocycles. The summed E-state index contributed by atoms with van der Waals surface area (Å²) in [7, 11) is 0. The van der Waals surface area contributed by atoms with Gasteiger partial charge in [0.15, 0.2) is 0 Å². The van der Waals surface area contributed by atoms with Crippen molar-refractivity contribution in [3.05, 3.63) is 30.3 Å². The Balaban J connectivity index is 2.43. The monoisotopic (exact) mass is 145 g/mol. The van der Waals surface area contributed by atoms with Gasteiger partial charge in [0.25, 0.3) is 0 Å². The normalized spacial score (nSPS) is 8.09.